The number of carbonyl (C=O) groups is 2. The summed E-state index contributed by atoms with van der Waals surface area (Å²) in [4.78, 5) is 32.5. The molecule has 0 radical (unpaired) electrons. The normalized spacial score (nSPS) is 13.6. The molecule has 0 unspecified atom stereocenters. The minimum absolute atomic E-state index is 0.0116. The first-order chi connectivity index (χ1) is 17.5. The number of aromatic nitrogens is 1. The van der Waals surface area contributed by atoms with Crippen LogP contribution < -0.4 is 5.32 Å². The molecule has 4 aromatic rings. The molecule has 3 aromatic carbocycles. The van der Waals surface area contributed by atoms with Gasteiger partial charge in [0.2, 0.25) is 5.91 Å². The predicted molar refractivity (Wildman–Crippen MR) is 141 cm³/mol. The average molecular weight is 478 g/mol. The number of nitrogens with zero attached hydrogens (tertiary/aromatic N) is 4. The lowest BCUT2D eigenvalue weighted by Gasteiger charge is -2.34. The molecule has 7 nitrogen and oxygen atoms in total. The molecule has 1 fully saturated rings. The summed E-state index contributed by atoms with van der Waals surface area (Å²) in [6.07, 6.45) is 2.60. The number of nitrogens with one attached hydrogen (secondary N) is 1. The maximum absolute atomic E-state index is 13.0. The molecule has 7 heteroatoms. The Labute approximate surface area is 210 Å². The molecule has 1 aliphatic heterocycles. The van der Waals surface area contributed by atoms with E-state index in [0.29, 0.717) is 37.3 Å². The van der Waals surface area contributed by atoms with Gasteiger partial charge in [-0.25, -0.2) is 0 Å². The topological polar surface area (TPSA) is 89.3 Å². The van der Waals surface area contributed by atoms with E-state index >= 15 is 0 Å². The third-order valence-corrected chi connectivity index (χ3v) is 6.76. The number of pyridine rings is 1. The summed E-state index contributed by atoms with van der Waals surface area (Å²) in [5.74, 6) is 0.0681. The first kappa shape index (κ1) is 23.3. The Bertz CT molecular complexity index is 1500. The van der Waals surface area contributed by atoms with Crippen molar-refractivity contribution < 1.29 is 9.59 Å². The first-order valence-electron chi connectivity index (χ1n) is 12.1. The van der Waals surface area contributed by atoms with Crippen molar-refractivity contribution in [3.63, 3.8) is 0 Å². The third-order valence-electron chi connectivity index (χ3n) is 6.76. The zero-order valence-corrected chi connectivity index (χ0v) is 20.2. The van der Waals surface area contributed by atoms with Crippen LogP contribution in [-0.4, -0.2) is 59.3 Å². The number of piperazine rings is 1. The van der Waals surface area contributed by atoms with Crippen LogP contribution in [0.3, 0.4) is 0 Å². The lowest BCUT2D eigenvalue weighted by molar-refractivity contribution is -0.130. The summed E-state index contributed by atoms with van der Waals surface area (Å²) in [5, 5.41) is 15.8. The van der Waals surface area contributed by atoms with Crippen molar-refractivity contribution in [2.75, 3.05) is 38.0 Å². The van der Waals surface area contributed by atoms with Crippen molar-refractivity contribution in [3.05, 3.63) is 83.6 Å². The van der Waals surface area contributed by atoms with E-state index in [4.69, 9.17) is 0 Å². The van der Waals surface area contributed by atoms with Crippen LogP contribution in [0.5, 0.6) is 0 Å². The lowest BCUT2D eigenvalue weighted by Crippen LogP contribution is -2.50. The Hall–Kier alpha value is -4.44. The number of carbonyl (C=O) groups excluding carboxylic acids is 2. The van der Waals surface area contributed by atoms with E-state index in [9.17, 15) is 14.9 Å². The molecule has 1 N–H and O–H groups in total. The van der Waals surface area contributed by atoms with Gasteiger partial charge in [-0.2, -0.15) is 5.26 Å². The van der Waals surface area contributed by atoms with Crippen LogP contribution in [0.15, 0.2) is 66.9 Å². The van der Waals surface area contributed by atoms with Crippen LogP contribution in [0.2, 0.25) is 0 Å². The van der Waals surface area contributed by atoms with Gasteiger partial charge in [0.1, 0.15) is 0 Å². The predicted octanol–water partition coefficient (Wildman–Crippen LogP) is 4.22. The van der Waals surface area contributed by atoms with E-state index in [2.05, 4.69) is 34.6 Å². The fourth-order valence-corrected chi connectivity index (χ4v) is 4.70. The maximum atomic E-state index is 13.0. The second kappa shape index (κ2) is 10.0. The zero-order chi connectivity index (χ0) is 25.1. The number of hydrogen-bond donors (Lipinski definition) is 1. The Kier molecular flexibility index (Phi) is 6.50. The summed E-state index contributed by atoms with van der Waals surface area (Å²) >= 11 is 0. The summed E-state index contributed by atoms with van der Waals surface area (Å²) in [7, 11) is 0. The molecule has 180 valence electrons. The number of hydrogen-bond acceptors (Lipinski definition) is 5. The van der Waals surface area contributed by atoms with E-state index in [1.54, 1.807) is 24.1 Å². The van der Waals surface area contributed by atoms with Gasteiger partial charge in [-0.1, -0.05) is 24.3 Å². The largest absolute Gasteiger partial charge is 0.384 e. The third kappa shape index (κ3) is 4.84. The summed E-state index contributed by atoms with van der Waals surface area (Å²) < 4.78 is 0. The molecule has 1 aromatic heterocycles. The fraction of sp³-hybridized carbons (Fsp3) is 0.241. The van der Waals surface area contributed by atoms with Gasteiger partial charge in [-0.15, -0.1) is 0 Å². The highest BCUT2D eigenvalue weighted by Gasteiger charge is 2.23. The van der Waals surface area contributed by atoms with Gasteiger partial charge in [0, 0.05) is 62.5 Å². The van der Waals surface area contributed by atoms with Gasteiger partial charge in [0.15, 0.2) is 0 Å². The summed E-state index contributed by atoms with van der Waals surface area (Å²) in [6, 6.07) is 21.8. The van der Waals surface area contributed by atoms with Gasteiger partial charge in [-0.05, 0) is 59.2 Å². The Morgan fingerprint density at radius 1 is 0.944 bits per heavy atom. The molecule has 0 bridgehead atoms. The van der Waals surface area contributed by atoms with Crippen molar-refractivity contribution in [1.82, 2.24) is 14.8 Å². The van der Waals surface area contributed by atoms with Gasteiger partial charge in [0.25, 0.3) is 5.91 Å². The number of benzene rings is 3. The van der Waals surface area contributed by atoms with Crippen molar-refractivity contribution >= 4 is 39.2 Å². The minimum Gasteiger partial charge on any atom is -0.384 e. The average Bonchev–Trinajstić information content (AvgIpc) is 2.92. The van der Waals surface area contributed by atoms with Crippen LogP contribution in [0.1, 0.15) is 28.4 Å². The second-order valence-electron chi connectivity index (χ2n) is 9.07. The van der Waals surface area contributed by atoms with E-state index < -0.39 is 0 Å². The Morgan fingerprint density at radius 2 is 1.69 bits per heavy atom. The van der Waals surface area contributed by atoms with Crippen LogP contribution in [0.4, 0.5) is 5.69 Å². The van der Waals surface area contributed by atoms with Crippen LogP contribution in [0, 0.1) is 11.3 Å². The molecule has 5 rings (SSSR count). The van der Waals surface area contributed by atoms with Gasteiger partial charge >= 0.3 is 0 Å². The standard InChI is InChI=1S/C29H27N5O2/c1-20(35)33-12-14-34(15-13-33)29(36)25-6-5-23-16-21(2-4-24(23)18-25)8-10-31-28-9-11-32-27-7-3-22(19-30)17-26(27)28/h2-7,9,11,16-18H,8,10,12-15H2,1H3,(H,31,32). The smallest absolute Gasteiger partial charge is 0.253 e. The van der Waals surface area contributed by atoms with Crippen LogP contribution in [-0.2, 0) is 11.2 Å². The molecule has 0 atom stereocenters. The second-order valence-corrected chi connectivity index (χ2v) is 9.07. The molecule has 36 heavy (non-hydrogen) atoms. The van der Waals surface area contributed by atoms with Crippen molar-refractivity contribution in [1.29, 1.82) is 5.26 Å². The minimum atomic E-state index is 0.0116. The monoisotopic (exact) mass is 477 g/mol. The number of nitriles is 1. The maximum Gasteiger partial charge on any atom is 0.253 e. The van der Waals surface area contributed by atoms with Gasteiger partial charge in [-0.3, -0.25) is 14.6 Å². The highest BCUT2D eigenvalue weighted by atomic mass is 16.2. The summed E-state index contributed by atoms with van der Waals surface area (Å²) in [6.45, 7) is 4.60. The van der Waals surface area contributed by atoms with Gasteiger partial charge < -0.3 is 15.1 Å². The summed E-state index contributed by atoms with van der Waals surface area (Å²) in [5.41, 5.74) is 4.31. The zero-order valence-electron chi connectivity index (χ0n) is 20.2. The van der Waals surface area contributed by atoms with Crippen LogP contribution in [0.25, 0.3) is 21.7 Å². The fourth-order valence-electron chi connectivity index (χ4n) is 4.70. The molecule has 1 aliphatic rings. The van der Waals surface area contributed by atoms with E-state index in [-0.39, 0.29) is 11.8 Å². The Morgan fingerprint density at radius 3 is 2.47 bits per heavy atom. The first-order valence-corrected chi connectivity index (χ1v) is 12.1. The van der Waals surface area contributed by atoms with Crippen molar-refractivity contribution in [2.45, 2.75) is 13.3 Å². The molecule has 2 heterocycles. The molecule has 0 spiro atoms. The van der Waals surface area contributed by atoms with Crippen molar-refractivity contribution in [2.24, 2.45) is 0 Å². The van der Waals surface area contributed by atoms with E-state index in [0.717, 1.165) is 40.3 Å². The molecule has 0 aliphatic carbocycles. The highest BCUT2D eigenvalue weighted by Crippen LogP contribution is 2.23. The molecule has 0 saturated carbocycles. The molecule has 1 saturated heterocycles. The number of fused-ring (bicyclic) bond motifs is 2. The van der Waals surface area contributed by atoms with Crippen molar-refractivity contribution in [3.8, 4) is 6.07 Å². The highest BCUT2D eigenvalue weighted by molar-refractivity contribution is 5.99. The van der Waals surface area contributed by atoms with Crippen LogP contribution >= 0.6 is 0 Å². The lowest BCUT2D eigenvalue weighted by atomic mass is 10.0. The number of rotatable bonds is 5. The Balaban J connectivity index is 1.24. The van der Waals surface area contributed by atoms with Gasteiger partial charge in [0.05, 0.1) is 17.1 Å². The van der Waals surface area contributed by atoms with E-state index in [1.165, 1.54) is 5.56 Å². The number of amides is 2. The quantitative estimate of drug-likeness (QED) is 0.465. The number of anilines is 1. The SMILES string of the molecule is CC(=O)N1CCN(C(=O)c2ccc3cc(CCNc4ccnc5ccc(C#N)cc45)ccc3c2)CC1. The molecular formula is C29H27N5O2. The van der Waals surface area contributed by atoms with E-state index in [1.807, 2.05) is 41.3 Å². The molecule has 2 amide bonds. The molecular weight excluding hydrogens is 450 g/mol.